The van der Waals surface area contributed by atoms with Crippen LogP contribution in [0.25, 0.3) is 0 Å². The van der Waals surface area contributed by atoms with Crippen molar-refractivity contribution in [2.75, 3.05) is 43.6 Å². The van der Waals surface area contributed by atoms with Gasteiger partial charge in [-0.25, -0.2) is 0 Å². The Morgan fingerprint density at radius 1 is 1.13 bits per heavy atom. The fourth-order valence-corrected chi connectivity index (χ4v) is 2.27. The zero-order chi connectivity index (χ0) is 26.5. The minimum atomic E-state index is -3.47. The Labute approximate surface area is 155 Å². The molecule has 126 valence electrons. The number of nitrogens with two attached hydrogens (primary N) is 1. The fourth-order valence-electron chi connectivity index (χ4n) is 2.27. The minimum absolute atomic E-state index is 0.0157. The van der Waals surface area contributed by atoms with E-state index >= 15 is 0 Å². The second-order valence-electron chi connectivity index (χ2n) is 6.52. The highest BCUT2D eigenvalue weighted by atomic mass is 16.7. The van der Waals surface area contributed by atoms with Gasteiger partial charge in [-0.15, -0.1) is 0 Å². The quantitative estimate of drug-likeness (QED) is 0.655. The van der Waals surface area contributed by atoms with Crippen LogP contribution in [-0.2, 0) is 9.31 Å². The smallest absolute Gasteiger partial charge is 0.399 e. The lowest BCUT2D eigenvalue weighted by Crippen LogP contribution is -2.44. The van der Waals surface area contributed by atoms with E-state index in [4.69, 9.17) is 30.1 Å². The van der Waals surface area contributed by atoms with Crippen molar-refractivity contribution in [1.82, 2.24) is 4.90 Å². The molecular weight excluding hydrogens is 289 g/mol. The molecule has 0 amide bonds. The highest BCUT2D eigenvalue weighted by Crippen LogP contribution is 2.37. The number of nitrogen functional groups attached to an aromatic ring is 1. The zero-order valence-electron chi connectivity index (χ0n) is 24.6. The van der Waals surface area contributed by atoms with Crippen LogP contribution in [-0.4, -0.2) is 56.2 Å². The molecule has 0 atom stereocenters. The summed E-state index contributed by atoms with van der Waals surface area (Å²) in [6, 6.07) is 3.80. The van der Waals surface area contributed by atoms with Crippen LogP contribution in [0, 0.1) is 0 Å². The standard InChI is InChI=1S/C17H28BN3O2/c1-16(2)17(3,4)23-18(22-16)14-7-6-13(12-15(14)19)21-10-8-20(5)9-11-21/h6-7,12H,8-11,19H2,1-5H3/i5D3,8D2,9D2,10D2,11D2. The van der Waals surface area contributed by atoms with Gasteiger partial charge >= 0.3 is 7.12 Å². The molecule has 0 aliphatic carbocycles. The molecule has 2 aliphatic rings. The van der Waals surface area contributed by atoms with Crippen molar-refractivity contribution in [3.05, 3.63) is 18.2 Å². The molecule has 6 heteroatoms. The summed E-state index contributed by atoms with van der Waals surface area (Å²) in [6.45, 7) is -9.68. The van der Waals surface area contributed by atoms with Crippen LogP contribution in [0.15, 0.2) is 18.2 Å². The van der Waals surface area contributed by atoms with E-state index in [0.717, 1.165) is 6.07 Å². The van der Waals surface area contributed by atoms with Gasteiger partial charge in [-0.05, 0) is 46.8 Å². The van der Waals surface area contributed by atoms with Crippen molar-refractivity contribution in [3.8, 4) is 0 Å². The lowest BCUT2D eigenvalue weighted by Gasteiger charge is -2.34. The van der Waals surface area contributed by atoms with E-state index < -0.39 is 51.3 Å². The van der Waals surface area contributed by atoms with Crippen molar-refractivity contribution in [3.63, 3.8) is 0 Å². The Hall–Kier alpha value is -1.24. The number of benzene rings is 1. The number of anilines is 2. The average molecular weight is 328 g/mol. The van der Waals surface area contributed by atoms with Gasteiger partial charge < -0.3 is 24.8 Å². The van der Waals surface area contributed by atoms with Crippen LogP contribution in [0.1, 0.15) is 42.8 Å². The Morgan fingerprint density at radius 3 is 2.26 bits per heavy atom. The van der Waals surface area contributed by atoms with Gasteiger partial charge in [0.05, 0.1) is 16.7 Å². The third-order valence-corrected chi connectivity index (χ3v) is 4.38. The normalized spacial score (nSPS) is 40.6. The topological polar surface area (TPSA) is 51.0 Å². The van der Waals surface area contributed by atoms with Crippen LogP contribution in [0.4, 0.5) is 11.4 Å². The molecule has 2 saturated heterocycles. The third-order valence-electron chi connectivity index (χ3n) is 4.38. The molecule has 0 unspecified atom stereocenters. The average Bonchev–Trinajstić information content (AvgIpc) is 2.78. The van der Waals surface area contributed by atoms with E-state index in [1.165, 1.54) is 12.1 Å². The Balaban J connectivity index is 2.12. The van der Waals surface area contributed by atoms with Crippen molar-refractivity contribution in [1.29, 1.82) is 0 Å². The Bertz CT molecular complexity index is 940. The summed E-state index contributed by atoms with van der Waals surface area (Å²) in [5.41, 5.74) is 4.93. The number of hydrogen-bond acceptors (Lipinski definition) is 5. The maximum atomic E-state index is 8.39. The number of likely N-dealkylation sites (N-methyl/N-ethyl adjacent to an activating group) is 1. The van der Waals surface area contributed by atoms with Gasteiger partial charge in [0.15, 0.2) is 0 Å². The van der Waals surface area contributed by atoms with Gasteiger partial charge in [-0.2, -0.15) is 0 Å². The molecule has 1 aromatic rings. The maximum Gasteiger partial charge on any atom is 0.496 e. The van der Waals surface area contributed by atoms with Crippen LogP contribution < -0.4 is 16.1 Å². The van der Waals surface area contributed by atoms with Gasteiger partial charge in [-0.3, -0.25) is 0 Å². The Morgan fingerprint density at radius 2 is 1.74 bits per heavy atom. The number of nitrogens with zero attached hydrogens (tertiary/aromatic N) is 2. The van der Waals surface area contributed by atoms with Gasteiger partial charge in [0, 0.05) is 52.4 Å². The summed E-state index contributed by atoms with van der Waals surface area (Å²) in [6.07, 6.45) is 0. The molecule has 0 spiro atoms. The predicted molar refractivity (Wildman–Crippen MR) is 96.3 cm³/mol. The highest BCUT2D eigenvalue weighted by Gasteiger charge is 2.52. The first-order chi connectivity index (χ1) is 14.9. The molecule has 2 heterocycles. The molecule has 2 fully saturated rings. The van der Waals surface area contributed by atoms with Crippen molar-refractivity contribution >= 4 is 24.0 Å². The Kier molecular flexibility index (Phi) is 1.92. The van der Waals surface area contributed by atoms with Crippen LogP contribution in [0.3, 0.4) is 0 Å². The fraction of sp³-hybridized carbons (Fsp3) is 0.647. The van der Waals surface area contributed by atoms with Crippen LogP contribution in [0.5, 0.6) is 0 Å². The summed E-state index contributed by atoms with van der Waals surface area (Å²) in [4.78, 5) is -0.113. The predicted octanol–water partition coefficient (Wildman–Crippen LogP) is 1.32. The largest absolute Gasteiger partial charge is 0.496 e. The van der Waals surface area contributed by atoms with E-state index in [-0.39, 0.29) is 21.2 Å². The molecule has 1 aromatic carbocycles. The molecule has 2 aliphatic heterocycles. The first-order valence-electron chi connectivity index (χ1n) is 12.8. The molecule has 5 nitrogen and oxygen atoms in total. The molecule has 0 saturated carbocycles. The first-order valence-corrected chi connectivity index (χ1v) is 7.29. The summed E-state index contributed by atoms with van der Waals surface area (Å²) in [5, 5.41) is 0. The molecular formula is C17H28BN3O2. The molecule has 0 radical (unpaired) electrons. The first kappa shape index (κ1) is 7.76. The summed E-state index contributed by atoms with van der Waals surface area (Å²) >= 11 is 0. The van der Waals surface area contributed by atoms with E-state index in [0.29, 0.717) is 5.46 Å². The molecule has 2 N–H and O–H groups in total. The lowest BCUT2D eigenvalue weighted by atomic mass is 9.77. The van der Waals surface area contributed by atoms with Gasteiger partial charge in [-0.1, -0.05) is 6.07 Å². The zero-order valence-corrected chi connectivity index (χ0v) is 13.6. The summed E-state index contributed by atoms with van der Waals surface area (Å²) < 4.78 is 101. The van der Waals surface area contributed by atoms with E-state index in [1.54, 1.807) is 0 Å². The second-order valence-corrected chi connectivity index (χ2v) is 6.52. The van der Waals surface area contributed by atoms with Crippen molar-refractivity contribution < 1.29 is 24.4 Å². The molecule has 23 heavy (non-hydrogen) atoms. The maximum absolute atomic E-state index is 8.39. The van der Waals surface area contributed by atoms with Gasteiger partial charge in [0.25, 0.3) is 0 Å². The van der Waals surface area contributed by atoms with Gasteiger partial charge in [0.2, 0.25) is 0 Å². The van der Waals surface area contributed by atoms with Gasteiger partial charge in [0.1, 0.15) is 0 Å². The number of piperazine rings is 1. The summed E-state index contributed by atoms with van der Waals surface area (Å²) in [5.74, 6) is 0. The minimum Gasteiger partial charge on any atom is -0.399 e. The number of rotatable bonds is 2. The van der Waals surface area contributed by atoms with E-state index in [1.807, 2.05) is 27.7 Å². The highest BCUT2D eigenvalue weighted by molar-refractivity contribution is 6.63. The van der Waals surface area contributed by atoms with E-state index in [9.17, 15) is 0 Å². The van der Waals surface area contributed by atoms with Crippen LogP contribution >= 0.6 is 0 Å². The van der Waals surface area contributed by atoms with Crippen molar-refractivity contribution in [2.24, 2.45) is 0 Å². The summed E-state index contributed by atoms with van der Waals surface area (Å²) in [7, 11) is -0.877. The van der Waals surface area contributed by atoms with Crippen LogP contribution in [0.2, 0.25) is 0 Å². The molecule has 0 bridgehead atoms. The van der Waals surface area contributed by atoms with E-state index in [2.05, 4.69) is 0 Å². The SMILES string of the molecule is [2H]C([2H])([2H])N1C([2H])([2H])C([2H])([2H])N(c2ccc(B3OC(C)(C)C(C)(C)O3)c(N)c2)C([2H])([2H])C1([2H])[2H]. The molecule has 0 aromatic heterocycles. The molecule has 3 rings (SSSR count). The van der Waals surface area contributed by atoms with Crippen molar-refractivity contribution in [2.45, 2.75) is 38.9 Å². The third kappa shape index (κ3) is 3.07. The lowest BCUT2D eigenvalue weighted by molar-refractivity contribution is 0.00578. The monoisotopic (exact) mass is 328 g/mol. The number of hydrogen-bond donors (Lipinski definition) is 1. The second kappa shape index (κ2) is 5.69.